The van der Waals surface area contributed by atoms with Gasteiger partial charge in [-0.2, -0.15) is 11.8 Å². The highest BCUT2D eigenvalue weighted by Gasteiger charge is 2.31. The van der Waals surface area contributed by atoms with E-state index in [1.165, 1.54) is 36.4 Å². The van der Waals surface area contributed by atoms with Gasteiger partial charge in [0, 0.05) is 31.1 Å². The van der Waals surface area contributed by atoms with E-state index in [1.54, 1.807) is 0 Å². The highest BCUT2D eigenvalue weighted by molar-refractivity contribution is 7.99. The lowest BCUT2D eigenvalue weighted by Crippen LogP contribution is -2.41. The number of thioether (sulfide) groups is 1. The number of carbonyl (C=O) groups excluding carboxylic acids is 1. The van der Waals surface area contributed by atoms with Crippen LogP contribution in [-0.2, 0) is 14.6 Å². The lowest BCUT2D eigenvalue weighted by Gasteiger charge is -2.29. The Morgan fingerprint density at radius 2 is 1.57 bits per heavy atom. The quantitative estimate of drug-likeness (QED) is 0.264. The number of sulfone groups is 1. The summed E-state index contributed by atoms with van der Waals surface area (Å²) >= 11 is 1.84. The average Bonchev–Trinajstić information content (AvgIpc) is 2.82. The van der Waals surface area contributed by atoms with Gasteiger partial charge in [0.05, 0.1) is 16.7 Å². The lowest BCUT2D eigenvalue weighted by molar-refractivity contribution is -0.274. The molecule has 2 aromatic carbocycles. The number of rotatable bonds is 11. The van der Waals surface area contributed by atoms with Crippen molar-refractivity contribution < 1.29 is 41.1 Å². The maximum absolute atomic E-state index is 12.9. The van der Waals surface area contributed by atoms with Crippen molar-refractivity contribution in [2.75, 3.05) is 36.9 Å². The van der Waals surface area contributed by atoms with E-state index < -0.39 is 33.7 Å². The van der Waals surface area contributed by atoms with Crippen LogP contribution in [0.1, 0.15) is 6.42 Å². The van der Waals surface area contributed by atoms with Crippen LogP contribution in [0.15, 0.2) is 53.4 Å². The summed E-state index contributed by atoms with van der Waals surface area (Å²) in [5, 5.41) is 10.3. The molecule has 1 amide bonds. The van der Waals surface area contributed by atoms with Crippen LogP contribution in [0.5, 0.6) is 17.2 Å². The summed E-state index contributed by atoms with van der Waals surface area (Å²) in [7, 11) is -3.84. The molecule has 0 bridgehead atoms. The average molecular weight is 535 g/mol. The fraction of sp³-hybridized carbons (Fsp3) is 0.409. The van der Waals surface area contributed by atoms with E-state index in [4.69, 9.17) is 4.74 Å². The Kier molecular flexibility index (Phi) is 9.27. The van der Waals surface area contributed by atoms with Crippen LogP contribution in [0.25, 0.3) is 0 Å². The zero-order valence-corrected chi connectivity index (χ0v) is 20.2. The van der Waals surface area contributed by atoms with Gasteiger partial charge in [-0.25, -0.2) is 13.5 Å². The molecule has 8 nitrogen and oxygen atoms in total. The molecule has 1 heterocycles. The van der Waals surface area contributed by atoms with Crippen LogP contribution in [0.2, 0.25) is 0 Å². The first-order valence-electron chi connectivity index (χ1n) is 10.6. The predicted octanol–water partition coefficient (Wildman–Crippen LogP) is 3.81. The van der Waals surface area contributed by atoms with Crippen molar-refractivity contribution in [1.82, 2.24) is 9.96 Å². The van der Waals surface area contributed by atoms with Crippen LogP contribution in [-0.4, -0.2) is 79.3 Å². The van der Waals surface area contributed by atoms with Crippen LogP contribution in [0.3, 0.4) is 0 Å². The van der Waals surface area contributed by atoms with Crippen molar-refractivity contribution in [1.29, 1.82) is 0 Å². The number of benzene rings is 2. The molecule has 192 valence electrons. The molecule has 1 N–H and O–H groups in total. The topological polar surface area (TPSA) is 96.4 Å². The molecule has 0 radical (unpaired) electrons. The van der Waals surface area contributed by atoms with Gasteiger partial charge in [-0.1, -0.05) is 0 Å². The van der Waals surface area contributed by atoms with E-state index in [0.717, 1.165) is 36.7 Å². The highest BCUT2D eigenvalue weighted by atomic mass is 32.2. The molecular formula is C22H25F3N2O6S2. The zero-order valence-electron chi connectivity index (χ0n) is 18.6. The SMILES string of the molecule is O=CN(O)C(CCN1CCSCC1)CS(=O)(=O)c1ccc(Oc2ccc(OC(F)(F)F)cc2)cc1. The van der Waals surface area contributed by atoms with Crippen molar-refractivity contribution in [3.8, 4) is 17.2 Å². The molecule has 0 aliphatic carbocycles. The summed E-state index contributed by atoms with van der Waals surface area (Å²) in [4.78, 5) is 13.3. The number of hydrogen-bond acceptors (Lipinski definition) is 8. The highest BCUT2D eigenvalue weighted by Crippen LogP contribution is 2.28. The molecule has 1 fully saturated rings. The Morgan fingerprint density at radius 1 is 1.03 bits per heavy atom. The molecule has 3 rings (SSSR count). The summed E-state index contributed by atoms with van der Waals surface area (Å²) in [6.45, 7) is 2.30. The Hall–Kier alpha value is -2.48. The van der Waals surface area contributed by atoms with E-state index in [1.807, 2.05) is 11.8 Å². The molecule has 1 aliphatic rings. The third-order valence-corrected chi connectivity index (χ3v) is 8.01. The Labute approximate surface area is 205 Å². The second-order valence-corrected chi connectivity index (χ2v) is 11.0. The van der Waals surface area contributed by atoms with Gasteiger partial charge in [0.25, 0.3) is 0 Å². The molecule has 35 heavy (non-hydrogen) atoms. The minimum Gasteiger partial charge on any atom is -0.457 e. The predicted molar refractivity (Wildman–Crippen MR) is 124 cm³/mol. The normalized spacial score (nSPS) is 15.9. The molecule has 2 aromatic rings. The molecule has 1 atom stereocenters. The lowest BCUT2D eigenvalue weighted by atomic mass is 10.2. The number of ether oxygens (including phenoxy) is 2. The summed E-state index contributed by atoms with van der Waals surface area (Å²) in [5.74, 6) is 1.62. The van der Waals surface area contributed by atoms with E-state index >= 15 is 0 Å². The van der Waals surface area contributed by atoms with E-state index in [2.05, 4.69) is 9.64 Å². The van der Waals surface area contributed by atoms with Crippen molar-refractivity contribution in [3.63, 3.8) is 0 Å². The van der Waals surface area contributed by atoms with Crippen molar-refractivity contribution in [3.05, 3.63) is 48.5 Å². The Bertz CT molecular complexity index is 1060. The largest absolute Gasteiger partial charge is 0.573 e. The molecule has 1 aliphatic heterocycles. The minimum absolute atomic E-state index is 0.0163. The fourth-order valence-electron chi connectivity index (χ4n) is 3.44. The molecular weight excluding hydrogens is 509 g/mol. The minimum atomic E-state index is -4.80. The first kappa shape index (κ1) is 27.1. The van der Waals surface area contributed by atoms with Crippen LogP contribution >= 0.6 is 11.8 Å². The zero-order chi connectivity index (χ0) is 25.5. The van der Waals surface area contributed by atoms with Crippen molar-refractivity contribution >= 4 is 28.0 Å². The van der Waals surface area contributed by atoms with Crippen LogP contribution in [0, 0.1) is 0 Å². The maximum Gasteiger partial charge on any atom is 0.573 e. The Morgan fingerprint density at radius 3 is 2.11 bits per heavy atom. The molecule has 13 heteroatoms. The molecule has 1 saturated heterocycles. The molecule has 0 aromatic heterocycles. The van der Waals surface area contributed by atoms with Gasteiger partial charge in [0.1, 0.15) is 17.2 Å². The van der Waals surface area contributed by atoms with Crippen LogP contribution in [0.4, 0.5) is 13.2 Å². The number of alkyl halides is 3. The maximum atomic E-state index is 12.9. The summed E-state index contributed by atoms with van der Waals surface area (Å²) in [6, 6.07) is 9.32. The number of amides is 1. The van der Waals surface area contributed by atoms with Gasteiger partial charge in [0.2, 0.25) is 6.41 Å². The van der Waals surface area contributed by atoms with Crippen molar-refractivity contribution in [2.45, 2.75) is 23.7 Å². The van der Waals surface area contributed by atoms with Gasteiger partial charge >= 0.3 is 6.36 Å². The summed E-state index contributed by atoms with van der Waals surface area (Å²) < 4.78 is 71.9. The van der Waals surface area contributed by atoms with Crippen LogP contribution < -0.4 is 9.47 Å². The number of hydroxylamine groups is 2. The third kappa shape index (κ3) is 8.60. The molecule has 0 spiro atoms. The van der Waals surface area contributed by atoms with Gasteiger partial charge in [-0.15, -0.1) is 13.2 Å². The van der Waals surface area contributed by atoms with Gasteiger partial charge in [-0.3, -0.25) is 10.0 Å². The first-order chi connectivity index (χ1) is 16.6. The third-order valence-electron chi connectivity index (χ3n) is 5.25. The summed E-state index contributed by atoms with van der Waals surface area (Å²) in [6.07, 6.45) is -4.29. The number of hydrogen-bond donors (Lipinski definition) is 1. The standard InChI is InChI=1S/C22H25F3N2O6S2/c23-22(24,25)33-20-3-1-18(2-4-20)32-19-5-7-21(8-6-19)35(30,31)15-17(27(29)16-28)9-10-26-11-13-34-14-12-26/h1-8,16-17,29H,9-15H2. The molecule has 1 unspecified atom stereocenters. The van der Waals surface area contributed by atoms with Gasteiger partial charge in [-0.05, 0) is 55.0 Å². The molecule has 0 saturated carbocycles. The van der Waals surface area contributed by atoms with Gasteiger partial charge < -0.3 is 14.4 Å². The second kappa shape index (κ2) is 12.0. The number of carbonyl (C=O) groups is 1. The monoisotopic (exact) mass is 534 g/mol. The Balaban J connectivity index is 1.62. The first-order valence-corrected chi connectivity index (χ1v) is 13.5. The van der Waals surface area contributed by atoms with Gasteiger partial charge in [0.15, 0.2) is 9.84 Å². The number of nitrogens with zero attached hydrogens (tertiary/aromatic N) is 2. The summed E-state index contributed by atoms with van der Waals surface area (Å²) in [5.41, 5.74) is 0. The number of halogens is 3. The fourth-order valence-corrected chi connectivity index (χ4v) is 5.99. The smallest absolute Gasteiger partial charge is 0.457 e. The van der Waals surface area contributed by atoms with E-state index in [0.29, 0.717) is 18.0 Å². The van der Waals surface area contributed by atoms with E-state index in [-0.39, 0.29) is 22.8 Å². The van der Waals surface area contributed by atoms with E-state index in [9.17, 15) is 31.6 Å². The van der Waals surface area contributed by atoms with Crippen molar-refractivity contribution in [2.24, 2.45) is 0 Å². The second-order valence-electron chi connectivity index (χ2n) is 7.76.